The SMILES string of the molecule is COC(=O)[C@@](N)(CCOC(=O)C(C)(C)C)Cc1ccc(OC(=O)C(C)C(C)C)c(OC(=O)C(C)C(C)C)c1. The van der Waals surface area contributed by atoms with Gasteiger partial charge in [-0.15, -0.1) is 0 Å². The molecule has 9 heteroatoms. The highest BCUT2D eigenvalue weighted by Crippen LogP contribution is 2.33. The number of carbonyl (C=O) groups excluding carboxylic acids is 4. The lowest BCUT2D eigenvalue weighted by atomic mass is 9.88. The second-order valence-corrected chi connectivity index (χ2v) is 11.6. The van der Waals surface area contributed by atoms with Crippen LogP contribution in [0, 0.1) is 29.1 Å². The average molecular weight is 536 g/mol. The standard InChI is InChI=1S/C29H45NO8/c1-17(2)19(5)24(31)37-22-12-11-21(15-23(22)38-25(32)20(6)18(3)4)16-29(30,27(34)35-10)13-14-36-26(33)28(7,8)9/h11-12,15,17-20H,13-14,16,30H2,1-10H3/t19?,20?,29-/m1/s1. The Labute approximate surface area is 226 Å². The number of benzene rings is 1. The summed E-state index contributed by atoms with van der Waals surface area (Å²) < 4.78 is 21.5. The Bertz CT molecular complexity index is 995. The van der Waals surface area contributed by atoms with E-state index >= 15 is 0 Å². The van der Waals surface area contributed by atoms with Crippen molar-refractivity contribution >= 4 is 23.9 Å². The van der Waals surface area contributed by atoms with Crippen molar-refractivity contribution in [2.24, 2.45) is 34.8 Å². The van der Waals surface area contributed by atoms with Crippen molar-refractivity contribution < 1.29 is 38.1 Å². The van der Waals surface area contributed by atoms with Crippen LogP contribution >= 0.6 is 0 Å². The number of esters is 4. The molecule has 2 N–H and O–H groups in total. The highest BCUT2D eigenvalue weighted by molar-refractivity contribution is 5.82. The molecule has 0 bridgehead atoms. The van der Waals surface area contributed by atoms with E-state index in [0.717, 1.165) is 0 Å². The summed E-state index contributed by atoms with van der Waals surface area (Å²) in [4.78, 5) is 50.2. The molecule has 1 rings (SSSR count). The summed E-state index contributed by atoms with van der Waals surface area (Å²) >= 11 is 0. The quantitative estimate of drug-likeness (QED) is 0.304. The van der Waals surface area contributed by atoms with Gasteiger partial charge in [-0.1, -0.05) is 47.6 Å². The van der Waals surface area contributed by atoms with Gasteiger partial charge in [-0.2, -0.15) is 0 Å². The molecular weight excluding hydrogens is 490 g/mol. The summed E-state index contributed by atoms with van der Waals surface area (Å²) in [6, 6.07) is 4.68. The molecule has 38 heavy (non-hydrogen) atoms. The smallest absolute Gasteiger partial charge is 0.326 e. The van der Waals surface area contributed by atoms with Gasteiger partial charge in [-0.25, -0.2) is 0 Å². The van der Waals surface area contributed by atoms with Crippen LogP contribution in [0.4, 0.5) is 0 Å². The molecule has 0 heterocycles. The first-order valence-electron chi connectivity index (χ1n) is 13.0. The molecular formula is C29H45NO8. The number of hydrogen-bond donors (Lipinski definition) is 1. The van der Waals surface area contributed by atoms with E-state index in [1.54, 1.807) is 40.7 Å². The molecule has 0 spiro atoms. The second-order valence-electron chi connectivity index (χ2n) is 11.6. The minimum absolute atomic E-state index is 0.00361. The van der Waals surface area contributed by atoms with Crippen LogP contribution in [0.25, 0.3) is 0 Å². The van der Waals surface area contributed by atoms with E-state index in [4.69, 9.17) is 24.7 Å². The third-order valence-electron chi connectivity index (χ3n) is 6.68. The van der Waals surface area contributed by atoms with Crippen LogP contribution in [-0.2, 0) is 35.1 Å². The predicted octanol–water partition coefficient (Wildman–Crippen LogP) is 4.47. The summed E-state index contributed by atoms with van der Waals surface area (Å²) in [6.07, 6.45) is -0.00269. The van der Waals surface area contributed by atoms with Crippen LogP contribution in [0.5, 0.6) is 11.5 Å². The van der Waals surface area contributed by atoms with E-state index < -0.39 is 40.7 Å². The van der Waals surface area contributed by atoms with Crippen molar-refractivity contribution in [3.63, 3.8) is 0 Å². The lowest BCUT2D eigenvalue weighted by Crippen LogP contribution is -2.51. The van der Waals surface area contributed by atoms with E-state index in [0.29, 0.717) is 5.56 Å². The van der Waals surface area contributed by atoms with Crippen LogP contribution in [0.1, 0.15) is 74.3 Å². The molecule has 0 saturated carbocycles. The van der Waals surface area contributed by atoms with E-state index in [1.165, 1.54) is 19.2 Å². The number of rotatable bonds is 12. The number of methoxy groups -OCH3 is 1. The molecule has 0 aliphatic heterocycles. The molecule has 0 aromatic heterocycles. The Morgan fingerprint density at radius 1 is 0.816 bits per heavy atom. The zero-order valence-electron chi connectivity index (χ0n) is 24.5. The fourth-order valence-electron chi connectivity index (χ4n) is 3.15. The van der Waals surface area contributed by atoms with E-state index in [-0.39, 0.29) is 48.7 Å². The molecule has 1 aromatic rings. The van der Waals surface area contributed by atoms with Crippen molar-refractivity contribution in [3.8, 4) is 11.5 Å². The molecule has 0 aliphatic rings. The summed E-state index contributed by atoms with van der Waals surface area (Å²) in [5.41, 5.74) is 4.77. The number of hydrogen-bond acceptors (Lipinski definition) is 9. The molecule has 9 nitrogen and oxygen atoms in total. The lowest BCUT2D eigenvalue weighted by Gasteiger charge is -2.27. The fourth-order valence-corrected chi connectivity index (χ4v) is 3.15. The van der Waals surface area contributed by atoms with Gasteiger partial charge in [0.15, 0.2) is 11.5 Å². The predicted molar refractivity (Wildman–Crippen MR) is 143 cm³/mol. The van der Waals surface area contributed by atoms with E-state index in [1.807, 2.05) is 27.7 Å². The van der Waals surface area contributed by atoms with E-state index in [9.17, 15) is 19.2 Å². The second kappa shape index (κ2) is 13.7. The monoisotopic (exact) mass is 535 g/mol. The van der Waals surface area contributed by atoms with Gasteiger partial charge >= 0.3 is 23.9 Å². The molecule has 0 saturated heterocycles. The van der Waals surface area contributed by atoms with Crippen molar-refractivity contribution in [1.82, 2.24) is 0 Å². The molecule has 0 aliphatic carbocycles. The van der Waals surface area contributed by atoms with Gasteiger partial charge in [-0.05, 0) is 50.3 Å². The van der Waals surface area contributed by atoms with Crippen molar-refractivity contribution in [3.05, 3.63) is 23.8 Å². The highest BCUT2D eigenvalue weighted by Gasteiger charge is 2.37. The van der Waals surface area contributed by atoms with Gasteiger partial charge < -0.3 is 24.7 Å². The number of nitrogens with two attached hydrogens (primary N) is 1. The Morgan fingerprint density at radius 3 is 1.76 bits per heavy atom. The van der Waals surface area contributed by atoms with Gasteiger partial charge in [0.1, 0.15) is 5.54 Å². The normalized spacial score (nSPS) is 14.9. The minimum Gasteiger partial charge on any atom is -0.468 e. The molecule has 0 fully saturated rings. The summed E-state index contributed by atoms with van der Waals surface area (Å²) in [6.45, 7) is 16.2. The Kier molecular flexibility index (Phi) is 12.0. The summed E-state index contributed by atoms with van der Waals surface area (Å²) in [5.74, 6) is -2.58. The molecule has 2 unspecified atom stereocenters. The lowest BCUT2D eigenvalue weighted by molar-refractivity contribution is -0.156. The zero-order chi connectivity index (χ0) is 29.4. The first kappa shape index (κ1) is 33.1. The fraction of sp³-hybridized carbons (Fsp3) is 0.655. The van der Waals surface area contributed by atoms with Crippen LogP contribution < -0.4 is 15.2 Å². The maximum absolute atomic E-state index is 12.8. The Morgan fingerprint density at radius 2 is 1.32 bits per heavy atom. The first-order chi connectivity index (χ1) is 17.4. The Balaban J connectivity index is 3.31. The van der Waals surface area contributed by atoms with Gasteiger partial charge in [-0.3, -0.25) is 19.2 Å². The van der Waals surface area contributed by atoms with Crippen LogP contribution in [0.2, 0.25) is 0 Å². The highest BCUT2D eigenvalue weighted by atomic mass is 16.6. The summed E-state index contributed by atoms with van der Waals surface area (Å²) in [5, 5.41) is 0. The van der Waals surface area contributed by atoms with Crippen molar-refractivity contribution in [2.75, 3.05) is 13.7 Å². The minimum atomic E-state index is -1.52. The first-order valence-corrected chi connectivity index (χ1v) is 13.0. The Hall–Kier alpha value is -2.94. The third-order valence-corrected chi connectivity index (χ3v) is 6.68. The van der Waals surface area contributed by atoms with E-state index in [2.05, 4.69) is 0 Å². The van der Waals surface area contributed by atoms with Crippen molar-refractivity contribution in [2.45, 2.75) is 80.7 Å². The third kappa shape index (κ3) is 9.42. The molecule has 0 radical (unpaired) electrons. The molecule has 0 amide bonds. The molecule has 214 valence electrons. The van der Waals surface area contributed by atoms with Gasteiger partial charge in [0, 0.05) is 12.8 Å². The van der Waals surface area contributed by atoms with Gasteiger partial charge in [0.2, 0.25) is 0 Å². The van der Waals surface area contributed by atoms with Gasteiger partial charge in [0.25, 0.3) is 0 Å². The van der Waals surface area contributed by atoms with Crippen LogP contribution in [0.3, 0.4) is 0 Å². The number of carbonyl (C=O) groups is 4. The topological polar surface area (TPSA) is 131 Å². The maximum Gasteiger partial charge on any atom is 0.326 e. The van der Waals surface area contributed by atoms with Crippen LogP contribution in [-0.4, -0.2) is 43.1 Å². The van der Waals surface area contributed by atoms with Gasteiger partial charge in [0.05, 0.1) is 31.0 Å². The van der Waals surface area contributed by atoms with Crippen molar-refractivity contribution in [1.29, 1.82) is 0 Å². The molecule has 1 aromatic carbocycles. The summed E-state index contributed by atoms with van der Waals surface area (Å²) in [7, 11) is 1.23. The number of ether oxygens (including phenoxy) is 4. The molecule has 3 atom stereocenters. The largest absolute Gasteiger partial charge is 0.468 e. The van der Waals surface area contributed by atoms with Crippen LogP contribution in [0.15, 0.2) is 18.2 Å². The average Bonchev–Trinajstić information content (AvgIpc) is 2.82. The zero-order valence-corrected chi connectivity index (χ0v) is 24.5. The maximum atomic E-state index is 12.8.